The van der Waals surface area contributed by atoms with Gasteiger partial charge in [-0.3, -0.25) is 0 Å². The number of rotatable bonds is 6. The van der Waals surface area contributed by atoms with Crippen LogP contribution in [-0.2, 0) is 0 Å². The lowest BCUT2D eigenvalue weighted by molar-refractivity contribution is 0.285. The second-order valence-corrected chi connectivity index (χ2v) is 5.13. The van der Waals surface area contributed by atoms with E-state index in [9.17, 15) is 0 Å². The minimum Gasteiger partial charge on any atom is -0.497 e. The van der Waals surface area contributed by atoms with Gasteiger partial charge >= 0.3 is 0 Å². The Balaban J connectivity index is 1.79. The van der Waals surface area contributed by atoms with Gasteiger partial charge in [-0.2, -0.15) is 0 Å². The van der Waals surface area contributed by atoms with Crippen molar-refractivity contribution in [2.24, 2.45) is 0 Å². The van der Waals surface area contributed by atoms with E-state index in [1.54, 1.807) is 7.11 Å². The number of hydrogen-bond donors (Lipinski definition) is 1. The van der Waals surface area contributed by atoms with E-state index in [0.29, 0.717) is 18.3 Å². The van der Waals surface area contributed by atoms with E-state index in [1.165, 1.54) is 0 Å². The summed E-state index contributed by atoms with van der Waals surface area (Å²) in [4.78, 5) is 1.94. The van der Waals surface area contributed by atoms with E-state index in [4.69, 9.17) is 21.7 Å². The maximum atomic E-state index is 5.66. The van der Waals surface area contributed by atoms with Gasteiger partial charge in [0, 0.05) is 18.8 Å². The van der Waals surface area contributed by atoms with E-state index >= 15 is 0 Å². The van der Waals surface area contributed by atoms with Gasteiger partial charge < -0.3 is 19.7 Å². The summed E-state index contributed by atoms with van der Waals surface area (Å²) >= 11 is 5.39. The minimum absolute atomic E-state index is 0.570. The largest absolute Gasteiger partial charge is 0.497 e. The SMILES string of the molecule is COc1cccc(NC(=S)N(C)CCOc2ccccc2)c1. The molecule has 0 aromatic heterocycles. The van der Waals surface area contributed by atoms with Crippen LogP contribution < -0.4 is 14.8 Å². The second-order valence-electron chi connectivity index (χ2n) is 4.75. The molecule has 5 heteroatoms. The van der Waals surface area contributed by atoms with E-state index in [1.807, 2.05) is 66.5 Å². The molecule has 2 rings (SSSR count). The van der Waals surface area contributed by atoms with Gasteiger partial charge in [-0.05, 0) is 36.5 Å². The molecular weight excluding hydrogens is 296 g/mol. The molecule has 0 spiro atoms. The Bertz CT molecular complexity index is 605. The molecule has 22 heavy (non-hydrogen) atoms. The van der Waals surface area contributed by atoms with Crippen LogP contribution in [0.25, 0.3) is 0 Å². The minimum atomic E-state index is 0.570. The van der Waals surface area contributed by atoms with Crippen molar-refractivity contribution in [2.45, 2.75) is 0 Å². The molecule has 0 saturated heterocycles. The van der Waals surface area contributed by atoms with Crippen LogP contribution in [0.4, 0.5) is 5.69 Å². The van der Waals surface area contributed by atoms with Crippen molar-refractivity contribution in [3.05, 3.63) is 54.6 Å². The van der Waals surface area contributed by atoms with Crippen molar-refractivity contribution in [3.63, 3.8) is 0 Å². The molecule has 2 aromatic carbocycles. The van der Waals surface area contributed by atoms with Crippen molar-refractivity contribution in [3.8, 4) is 11.5 Å². The average Bonchev–Trinajstić information content (AvgIpc) is 2.56. The average molecular weight is 316 g/mol. The number of benzene rings is 2. The zero-order chi connectivity index (χ0) is 15.8. The maximum Gasteiger partial charge on any atom is 0.173 e. The number of thiocarbonyl (C=S) groups is 1. The molecule has 0 amide bonds. The Hall–Kier alpha value is -2.27. The van der Waals surface area contributed by atoms with E-state index in [-0.39, 0.29) is 0 Å². The highest BCUT2D eigenvalue weighted by molar-refractivity contribution is 7.80. The lowest BCUT2D eigenvalue weighted by Crippen LogP contribution is -2.34. The smallest absolute Gasteiger partial charge is 0.173 e. The van der Waals surface area contributed by atoms with Crippen molar-refractivity contribution < 1.29 is 9.47 Å². The van der Waals surface area contributed by atoms with Crippen LogP contribution in [0.5, 0.6) is 11.5 Å². The molecule has 116 valence electrons. The molecule has 0 aliphatic heterocycles. The monoisotopic (exact) mass is 316 g/mol. The molecular formula is C17H20N2O2S. The Morgan fingerprint density at radius 2 is 1.82 bits per heavy atom. The zero-order valence-corrected chi connectivity index (χ0v) is 13.6. The molecule has 0 saturated carbocycles. The van der Waals surface area contributed by atoms with Crippen LogP contribution in [-0.4, -0.2) is 37.3 Å². The number of para-hydroxylation sites is 1. The fraction of sp³-hybridized carbons (Fsp3) is 0.235. The number of ether oxygens (including phenoxy) is 2. The number of hydrogen-bond acceptors (Lipinski definition) is 3. The maximum absolute atomic E-state index is 5.66. The fourth-order valence-electron chi connectivity index (χ4n) is 1.84. The molecule has 0 aliphatic carbocycles. The van der Waals surface area contributed by atoms with Gasteiger partial charge in [0.2, 0.25) is 0 Å². The summed E-state index contributed by atoms with van der Waals surface area (Å²) in [5, 5.41) is 3.83. The first-order valence-corrected chi connectivity index (χ1v) is 7.44. The summed E-state index contributed by atoms with van der Waals surface area (Å²) in [6, 6.07) is 17.4. The van der Waals surface area contributed by atoms with Crippen LogP contribution in [0, 0.1) is 0 Å². The molecule has 0 bridgehead atoms. The van der Waals surface area contributed by atoms with Gasteiger partial charge in [-0.25, -0.2) is 0 Å². The summed E-state index contributed by atoms with van der Waals surface area (Å²) < 4.78 is 10.9. The molecule has 2 aromatic rings. The van der Waals surface area contributed by atoms with E-state index in [0.717, 1.165) is 17.2 Å². The number of likely N-dealkylation sites (N-methyl/N-ethyl adjacent to an activating group) is 1. The van der Waals surface area contributed by atoms with Gasteiger partial charge in [0.15, 0.2) is 5.11 Å². The number of methoxy groups -OCH3 is 1. The van der Waals surface area contributed by atoms with Crippen LogP contribution in [0.1, 0.15) is 0 Å². The Labute approximate surface area is 136 Å². The summed E-state index contributed by atoms with van der Waals surface area (Å²) in [5.41, 5.74) is 0.903. The first-order valence-electron chi connectivity index (χ1n) is 7.03. The number of nitrogens with one attached hydrogen (secondary N) is 1. The Morgan fingerprint density at radius 1 is 1.09 bits per heavy atom. The van der Waals surface area contributed by atoms with Gasteiger partial charge in [0.05, 0.1) is 13.7 Å². The third-order valence-electron chi connectivity index (χ3n) is 3.11. The van der Waals surface area contributed by atoms with Crippen LogP contribution in [0.3, 0.4) is 0 Å². The second kappa shape index (κ2) is 8.24. The third kappa shape index (κ3) is 4.93. The summed E-state index contributed by atoms with van der Waals surface area (Å²) in [6.45, 7) is 1.27. The summed E-state index contributed by atoms with van der Waals surface area (Å²) in [6.07, 6.45) is 0. The highest BCUT2D eigenvalue weighted by Gasteiger charge is 2.05. The van der Waals surface area contributed by atoms with Gasteiger partial charge in [0.25, 0.3) is 0 Å². The summed E-state index contributed by atoms with van der Waals surface area (Å²) in [7, 11) is 3.58. The quantitative estimate of drug-likeness (QED) is 0.826. The van der Waals surface area contributed by atoms with Gasteiger partial charge in [-0.1, -0.05) is 24.3 Å². The van der Waals surface area contributed by atoms with Crippen LogP contribution in [0.15, 0.2) is 54.6 Å². The van der Waals surface area contributed by atoms with Crippen LogP contribution in [0.2, 0.25) is 0 Å². The molecule has 0 fully saturated rings. The topological polar surface area (TPSA) is 33.7 Å². The Kier molecular flexibility index (Phi) is 6.03. The highest BCUT2D eigenvalue weighted by Crippen LogP contribution is 2.17. The molecule has 0 atom stereocenters. The highest BCUT2D eigenvalue weighted by atomic mass is 32.1. The predicted octanol–water partition coefficient (Wildman–Crippen LogP) is 3.40. The summed E-state index contributed by atoms with van der Waals surface area (Å²) in [5.74, 6) is 1.66. The first kappa shape index (κ1) is 16.1. The number of nitrogens with zero attached hydrogens (tertiary/aromatic N) is 1. The first-order chi connectivity index (χ1) is 10.7. The predicted molar refractivity (Wildman–Crippen MR) is 93.8 cm³/mol. The number of anilines is 1. The van der Waals surface area contributed by atoms with Crippen molar-refractivity contribution in [2.75, 3.05) is 32.6 Å². The standard InChI is InChI=1S/C17H20N2O2S/c1-19(11-12-21-15-8-4-3-5-9-15)17(22)18-14-7-6-10-16(13-14)20-2/h3-10,13H,11-12H2,1-2H3,(H,18,22). The van der Waals surface area contributed by atoms with Gasteiger partial charge in [-0.15, -0.1) is 0 Å². The van der Waals surface area contributed by atoms with E-state index < -0.39 is 0 Å². The molecule has 0 aliphatic rings. The van der Waals surface area contributed by atoms with Gasteiger partial charge in [0.1, 0.15) is 18.1 Å². The third-order valence-corrected chi connectivity index (χ3v) is 3.52. The van der Waals surface area contributed by atoms with E-state index in [2.05, 4.69) is 5.32 Å². The molecule has 0 radical (unpaired) electrons. The Morgan fingerprint density at radius 3 is 2.55 bits per heavy atom. The zero-order valence-electron chi connectivity index (χ0n) is 12.8. The molecule has 0 unspecified atom stereocenters. The molecule has 1 N–H and O–H groups in total. The lowest BCUT2D eigenvalue weighted by Gasteiger charge is -2.21. The molecule has 0 heterocycles. The van der Waals surface area contributed by atoms with Crippen LogP contribution >= 0.6 is 12.2 Å². The van der Waals surface area contributed by atoms with Crippen molar-refractivity contribution in [1.82, 2.24) is 4.90 Å². The fourth-order valence-corrected chi connectivity index (χ4v) is 2.05. The van der Waals surface area contributed by atoms with Crippen molar-refractivity contribution in [1.29, 1.82) is 0 Å². The lowest BCUT2D eigenvalue weighted by atomic mass is 10.3. The molecule has 4 nitrogen and oxygen atoms in total. The van der Waals surface area contributed by atoms with Crippen molar-refractivity contribution >= 4 is 23.0 Å². The normalized spacial score (nSPS) is 9.91.